The predicted molar refractivity (Wildman–Crippen MR) is 64.0 cm³/mol. The fourth-order valence-corrected chi connectivity index (χ4v) is 0.859. The van der Waals surface area contributed by atoms with Crippen molar-refractivity contribution in [2.75, 3.05) is 0 Å². The van der Waals surface area contributed by atoms with Crippen LogP contribution in [0.2, 0.25) is 0 Å². The van der Waals surface area contributed by atoms with E-state index in [0.29, 0.717) is 0 Å². The highest BCUT2D eigenvalue weighted by atomic mass is 14.1. The van der Waals surface area contributed by atoms with Crippen LogP contribution in [-0.4, -0.2) is 0 Å². The molecule has 0 fully saturated rings. The number of rotatable bonds is 4. The normalized spacial score (nSPS) is 12.7. The van der Waals surface area contributed by atoms with Crippen molar-refractivity contribution < 1.29 is 0 Å². The molecule has 0 saturated carbocycles. The van der Waals surface area contributed by atoms with E-state index in [-0.39, 0.29) is 0 Å². The largest absolute Gasteiger partial charge is 0.0654 e. The van der Waals surface area contributed by atoms with Gasteiger partial charge in [0.15, 0.2) is 0 Å². The number of hydrogen-bond donors (Lipinski definition) is 0. The third-order valence-electron chi connectivity index (χ3n) is 2.15. The van der Waals surface area contributed by atoms with E-state index in [1.807, 2.05) is 0 Å². The highest BCUT2D eigenvalue weighted by Gasteiger charge is 2.04. The zero-order chi connectivity index (χ0) is 10.9. The fraction of sp³-hybridized carbons (Fsp3) is 1.00. The van der Waals surface area contributed by atoms with Crippen molar-refractivity contribution in [1.29, 1.82) is 0 Å². The van der Waals surface area contributed by atoms with Crippen LogP contribution >= 0.6 is 0 Å². The molecule has 1 atom stereocenters. The average Bonchev–Trinajstić information content (AvgIpc) is 1.98. The van der Waals surface area contributed by atoms with E-state index in [1.54, 1.807) is 0 Å². The highest BCUT2D eigenvalue weighted by molar-refractivity contribution is 4.55. The molecule has 0 aromatic carbocycles. The van der Waals surface area contributed by atoms with Crippen molar-refractivity contribution in [2.45, 2.75) is 67.7 Å². The van der Waals surface area contributed by atoms with Gasteiger partial charge in [0.25, 0.3) is 0 Å². The molecule has 13 heavy (non-hydrogen) atoms. The van der Waals surface area contributed by atoms with Crippen LogP contribution in [0.15, 0.2) is 0 Å². The van der Waals surface area contributed by atoms with Crippen molar-refractivity contribution in [1.82, 2.24) is 0 Å². The van der Waals surface area contributed by atoms with Crippen LogP contribution in [0, 0.1) is 17.8 Å². The van der Waals surface area contributed by atoms with Crippen LogP contribution < -0.4 is 0 Å². The van der Waals surface area contributed by atoms with E-state index in [2.05, 4.69) is 48.5 Å². The Hall–Kier alpha value is 0. The first-order valence-corrected chi connectivity index (χ1v) is 5.91. The van der Waals surface area contributed by atoms with Crippen LogP contribution in [0.5, 0.6) is 0 Å². The van der Waals surface area contributed by atoms with E-state index >= 15 is 0 Å². The molecule has 0 rings (SSSR count). The van der Waals surface area contributed by atoms with Gasteiger partial charge in [0, 0.05) is 0 Å². The Morgan fingerprint density at radius 3 is 1.46 bits per heavy atom. The van der Waals surface area contributed by atoms with Crippen molar-refractivity contribution >= 4 is 0 Å². The van der Waals surface area contributed by atoms with Crippen LogP contribution in [0.3, 0.4) is 0 Å². The lowest BCUT2D eigenvalue weighted by molar-refractivity contribution is 0.381. The van der Waals surface area contributed by atoms with Gasteiger partial charge in [-0.2, -0.15) is 0 Å². The number of unbranched alkanes of at least 4 members (excludes halogenated alkanes) is 1. The summed E-state index contributed by atoms with van der Waals surface area (Å²) in [5.41, 5.74) is 0. The molecule has 0 nitrogen and oxygen atoms in total. The van der Waals surface area contributed by atoms with Crippen molar-refractivity contribution in [3.05, 3.63) is 0 Å². The summed E-state index contributed by atoms with van der Waals surface area (Å²) in [4.78, 5) is 0. The molecular formula is C13H30. The Morgan fingerprint density at radius 2 is 1.23 bits per heavy atom. The zero-order valence-corrected chi connectivity index (χ0v) is 10.9. The molecule has 0 N–H and O–H groups in total. The molecule has 0 aliphatic heterocycles. The van der Waals surface area contributed by atoms with E-state index in [1.165, 1.54) is 19.3 Å². The second kappa shape index (κ2) is 10.1. The molecule has 0 aromatic heterocycles. The standard InChI is InChI=1S/C9H20.C4H10/c1-5-6-7-9(4)8(2)3;1-4(2)3/h8-9H,5-7H2,1-4H3;4H,1-3H3. The Labute approximate surface area is 86.1 Å². The summed E-state index contributed by atoms with van der Waals surface area (Å²) < 4.78 is 0. The van der Waals surface area contributed by atoms with Gasteiger partial charge in [0.1, 0.15) is 0 Å². The SMILES string of the molecule is CC(C)C.CCCCC(C)C(C)C. The Morgan fingerprint density at radius 1 is 0.846 bits per heavy atom. The van der Waals surface area contributed by atoms with Crippen LogP contribution in [0.1, 0.15) is 67.7 Å². The second-order valence-corrected chi connectivity index (χ2v) is 5.10. The van der Waals surface area contributed by atoms with E-state index in [4.69, 9.17) is 0 Å². The summed E-state index contributed by atoms with van der Waals surface area (Å²) in [6.45, 7) is 15.7. The molecule has 0 saturated heterocycles. The van der Waals surface area contributed by atoms with Gasteiger partial charge in [-0.3, -0.25) is 0 Å². The average molecular weight is 186 g/mol. The Bertz CT molecular complexity index is 79.3. The minimum absolute atomic E-state index is 0.833. The first-order chi connectivity index (χ1) is 5.91. The van der Waals surface area contributed by atoms with Gasteiger partial charge in [-0.25, -0.2) is 0 Å². The molecule has 82 valence electrons. The summed E-state index contributed by atoms with van der Waals surface area (Å²) in [5.74, 6) is 2.63. The van der Waals surface area contributed by atoms with Crippen LogP contribution in [-0.2, 0) is 0 Å². The van der Waals surface area contributed by atoms with Gasteiger partial charge in [-0.15, -0.1) is 0 Å². The van der Waals surface area contributed by atoms with Gasteiger partial charge >= 0.3 is 0 Å². The van der Waals surface area contributed by atoms with E-state index in [9.17, 15) is 0 Å². The van der Waals surface area contributed by atoms with Gasteiger partial charge in [-0.05, 0) is 17.8 Å². The minimum atomic E-state index is 0.833. The topological polar surface area (TPSA) is 0 Å². The summed E-state index contributed by atoms with van der Waals surface area (Å²) >= 11 is 0. The summed E-state index contributed by atoms with van der Waals surface area (Å²) in [5, 5.41) is 0. The van der Waals surface area contributed by atoms with Crippen LogP contribution in [0.4, 0.5) is 0 Å². The van der Waals surface area contributed by atoms with Crippen molar-refractivity contribution in [3.8, 4) is 0 Å². The van der Waals surface area contributed by atoms with Crippen molar-refractivity contribution in [2.24, 2.45) is 17.8 Å². The molecule has 0 spiro atoms. The maximum absolute atomic E-state index is 2.35. The third kappa shape index (κ3) is 18.8. The molecule has 0 heterocycles. The summed E-state index contributed by atoms with van der Waals surface area (Å²) in [7, 11) is 0. The van der Waals surface area contributed by atoms with Gasteiger partial charge < -0.3 is 0 Å². The third-order valence-corrected chi connectivity index (χ3v) is 2.15. The molecule has 0 aliphatic rings. The highest BCUT2D eigenvalue weighted by Crippen LogP contribution is 2.16. The molecule has 0 radical (unpaired) electrons. The maximum atomic E-state index is 2.35. The lowest BCUT2D eigenvalue weighted by Crippen LogP contribution is -2.02. The Kier molecular flexibility index (Phi) is 12.0. The Balaban J connectivity index is 0. The second-order valence-electron chi connectivity index (χ2n) is 5.10. The lowest BCUT2D eigenvalue weighted by atomic mass is 9.93. The quantitative estimate of drug-likeness (QED) is 0.571. The van der Waals surface area contributed by atoms with E-state index < -0.39 is 0 Å². The molecule has 1 unspecified atom stereocenters. The molecule has 0 heteroatoms. The van der Waals surface area contributed by atoms with Gasteiger partial charge in [0.2, 0.25) is 0 Å². The first-order valence-electron chi connectivity index (χ1n) is 5.91. The first kappa shape index (κ1) is 15.5. The van der Waals surface area contributed by atoms with Gasteiger partial charge in [-0.1, -0.05) is 67.7 Å². The summed E-state index contributed by atoms with van der Waals surface area (Å²) in [6.07, 6.45) is 4.16. The van der Waals surface area contributed by atoms with Crippen LogP contribution in [0.25, 0.3) is 0 Å². The molecule has 0 aliphatic carbocycles. The monoisotopic (exact) mass is 186 g/mol. The lowest BCUT2D eigenvalue weighted by Gasteiger charge is -2.13. The minimum Gasteiger partial charge on any atom is -0.0654 e. The summed E-state index contributed by atoms with van der Waals surface area (Å²) in [6, 6.07) is 0. The zero-order valence-electron chi connectivity index (χ0n) is 10.9. The predicted octanol–water partition coefficient (Wildman–Crippen LogP) is 5.13. The van der Waals surface area contributed by atoms with E-state index in [0.717, 1.165) is 17.8 Å². The molecule has 0 aromatic rings. The number of hydrogen-bond acceptors (Lipinski definition) is 0. The fourth-order valence-electron chi connectivity index (χ4n) is 0.859. The molecule has 0 bridgehead atoms. The molecular weight excluding hydrogens is 156 g/mol. The maximum Gasteiger partial charge on any atom is -0.0420 e. The van der Waals surface area contributed by atoms with Crippen molar-refractivity contribution in [3.63, 3.8) is 0 Å². The smallest absolute Gasteiger partial charge is 0.0420 e. The van der Waals surface area contributed by atoms with Gasteiger partial charge in [0.05, 0.1) is 0 Å². The molecule has 0 amide bonds.